The van der Waals surface area contributed by atoms with Gasteiger partial charge in [0.2, 0.25) is 0 Å². The Kier molecular flexibility index (Phi) is 3.59. The molecular formula is C13H17ClO2. The van der Waals surface area contributed by atoms with Crippen molar-refractivity contribution in [3.8, 4) is 11.5 Å². The summed E-state index contributed by atoms with van der Waals surface area (Å²) >= 11 is 6.07. The van der Waals surface area contributed by atoms with E-state index in [4.69, 9.17) is 21.1 Å². The molecule has 1 aliphatic carbocycles. The van der Waals surface area contributed by atoms with Gasteiger partial charge < -0.3 is 9.47 Å². The van der Waals surface area contributed by atoms with E-state index in [1.165, 1.54) is 18.4 Å². The third kappa shape index (κ3) is 2.27. The monoisotopic (exact) mass is 240 g/mol. The van der Waals surface area contributed by atoms with Gasteiger partial charge >= 0.3 is 0 Å². The van der Waals surface area contributed by atoms with Crippen molar-refractivity contribution in [2.75, 3.05) is 20.1 Å². The molecular weight excluding hydrogens is 224 g/mol. The van der Waals surface area contributed by atoms with Crippen LogP contribution in [0, 0.1) is 5.92 Å². The molecule has 16 heavy (non-hydrogen) atoms. The molecule has 1 aromatic carbocycles. The zero-order chi connectivity index (χ0) is 11.5. The number of hydrogen-bond donors (Lipinski definition) is 0. The highest BCUT2D eigenvalue weighted by Gasteiger charge is 2.33. The van der Waals surface area contributed by atoms with Gasteiger partial charge in [-0.05, 0) is 37.0 Å². The number of halogens is 1. The van der Waals surface area contributed by atoms with Crippen LogP contribution in [0.15, 0.2) is 18.2 Å². The van der Waals surface area contributed by atoms with E-state index in [2.05, 4.69) is 0 Å². The highest BCUT2D eigenvalue weighted by atomic mass is 35.5. The Balaban J connectivity index is 2.34. The van der Waals surface area contributed by atoms with Crippen LogP contribution in [-0.2, 0) is 0 Å². The van der Waals surface area contributed by atoms with Crippen LogP contribution in [0.1, 0.15) is 24.3 Å². The van der Waals surface area contributed by atoms with E-state index in [0.29, 0.717) is 11.8 Å². The van der Waals surface area contributed by atoms with E-state index in [1.54, 1.807) is 14.2 Å². The number of benzene rings is 1. The maximum Gasteiger partial charge on any atom is 0.122 e. The minimum atomic E-state index is 0.395. The molecule has 2 nitrogen and oxygen atoms in total. The minimum absolute atomic E-state index is 0.395. The van der Waals surface area contributed by atoms with Crippen LogP contribution < -0.4 is 9.47 Å². The first-order valence-corrected chi connectivity index (χ1v) is 6.11. The second kappa shape index (κ2) is 4.96. The van der Waals surface area contributed by atoms with Crippen molar-refractivity contribution in [2.45, 2.75) is 18.8 Å². The van der Waals surface area contributed by atoms with E-state index in [-0.39, 0.29) is 0 Å². The van der Waals surface area contributed by atoms with Gasteiger partial charge in [0.15, 0.2) is 0 Å². The van der Waals surface area contributed by atoms with E-state index < -0.39 is 0 Å². The summed E-state index contributed by atoms with van der Waals surface area (Å²) in [6.45, 7) is 0. The van der Waals surface area contributed by atoms with Crippen LogP contribution in [0.5, 0.6) is 11.5 Å². The molecule has 0 heterocycles. The van der Waals surface area contributed by atoms with Gasteiger partial charge in [0.25, 0.3) is 0 Å². The summed E-state index contributed by atoms with van der Waals surface area (Å²) in [4.78, 5) is 0. The van der Waals surface area contributed by atoms with Gasteiger partial charge in [-0.3, -0.25) is 0 Å². The standard InChI is InChI=1S/C13H17ClO2/c1-15-10-5-6-13(16-2)11(7-10)12(8-14)9-3-4-9/h5-7,9,12H,3-4,8H2,1-2H3. The highest BCUT2D eigenvalue weighted by molar-refractivity contribution is 6.18. The van der Waals surface area contributed by atoms with Crippen molar-refractivity contribution in [1.82, 2.24) is 0 Å². The average Bonchev–Trinajstić information content (AvgIpc) is 3.14. The number of ether oxygens (including phenoxy) is 2. The third-order valence-electron chi connectivity index (χ3n) is 3.19. The topological polar surface area (TPSA) is 18.5 Å². The summed E-state index contributed by atoms with van der Waals surface area (Å²) in [7, 11) is 3.38. The maximum absolute atomic E-state index is 6.07. The van der Waals surface area contributed by atoms with Gasteiger partial charge in [-0.2, -0.15) is 0 Å². The maximum atomic E-state index is 6.07. The number of methoxy groups -OCH3 is 2. The minimum Gasteiger partial charge on any atom is -0.497 e. The number of hydrogen-bond acceptors (Lipinski definition) is 2. The van der Waals surface area contributed by atoms with E-state index in [1.807, 2.05) is 18.2 Å². The molecule has 0 saturated heterocycles. The summed E-state index contributed by atoms with van der Waals surface area (Å²) in [5.74, 6) is 3.55. The molecule has 1 fully saturated rings. The zero-order valence-corrected chi connectivity index (χ0v) is 10.5. The molecule has 0 amide bonds. The molecule has 2 rings (SSSR count). The van der Waals surface area contributed by atoms with Crippen molar-refractivity contribution < 1.29 is 9.47 Å². The lowest BCUT2D eigenvalue weighted by molar-refractivity contribution is 0.394. The summed E-state index contributed by atoms with van der Waals surface area (Å²) in [5.41, 5.74) is 1.18. The van der Waals surface area contributed by atoms with Crippen LogP contribution in [0.25, 0.3) is 0 Å². The van der Waals surface area contributed by atoms with Crippen LogP contribution in [-0.4, -0.2) is 20.1 Å². The second-order valence-electron chi connectivity index (χ2n) is 4.21. The fraction of sp³-hybridized carbons (Fsp3) is 0.538. The largest absolute Gasteiger partial charge is 0.497 e. The van der Waals surface area contributed by atoms with Gasteiger partial charge in [-0.15, -0.1) is 11.6 Å². The molecule has 0 aliphatic heterocycles. The van der Waals surface area contributed by atoms with Gasteiger partial charge in [0, 0.05) is 17.4 Å². The molecule has 1 aromatic rings. The lowest BCUT2D eigenvalue weighted by Crippen LogP contribution is -2.05. The van der Waals surface area contributed by atoms with Crippen LogP contribution >= 0.6 is 11.6 Å². The Morgan fingerprint density at radius 2 is 2.06 bits per heavy atom. The predicted molar refractivity (Wildman–Crippen MR) is 65.7 cm³/mol. The highest BCUT2D eigenvalue weighted by Crippen LogP contribution is 2.46. The molecule has 0 aromatic heterocycles. The molecule has 0 N–H and O–H groups in total. The first kappa shape index (κ1) is 11.6. The third-order valence-corrected chi connectivity index (χ3v) is 3.53. The first-order valence-electron chi connectivity index (χ1n) is 5.58. The average molecular weight is 241 g/mol. The van der Waals surface area contributed by atoms with Crippen molar-refractivity contribution >= 4 is 11.6 Å². The SMILES string of the molecule is COc1ccc(OC)c(C(CCl)C2CC2)c1. The predicted octanol–water partition coefficient (Wildman–Crippen LogP) is 3.44. The molecule has 1 atom stereocenters. The summed E-state index contributed by atoms with van der Waals surface area (Å²) in [6, 6.07) is 5.92. The number of rotatable bonds is 5. The Bertz CT molecular complexity index is 361. The Labute approximate surface area is 102 Å². The lowest BCUT2D eigenvalue weighted by atomic mass is 9.95. The fourth-order valence-corrected chi connectivity index (χ4v) is 2.51. The molecule has 0 radical (unpaired) electrons. The second-order valence-corrected chi connectivity index (χ2v) is 4.51. The smallest absolute Gasteiger partial charge is 0.122 e. The van der Waals surface area contributed by atoms with E-state index in [9.17, 15) is 0 Å². The summed E-state index contributed by atoms with van der Waals surface area (Å²) in [6.07, 6.45) is 2.55. The Morgan fingerprint density at radius 1 is 1.31 bits per heavy atom. The molecule has 0 bridgehead atoms. The molecule has 1 unspecified atom stereocenters. The molecule has 88 valence electrons. The van der Waals surface area contributed by atoms with Gasteiger partial charge in [0.05, 0.1) is 14.2 Å². The lowest BCUT2D eigenvalue weighted by Gasteiger charge is -2.17. The molecule has 1 saturated carbocycles. The Morgan fingerprint density at radius 3 is 2.56 bits per heavy atom. The normalized spacial score (nSPS) is 16.9. The van der Waals surface area contributed by atoms with Crippen molar-refractivity contribution in [3.05, 3.63) is 23.8 Å². The summed E-state index contributed by atoms with van der Waals surface area (Å²) in [5, 5.41) is 0. The zero-order valence-electron chi connectivity index (χ0n) is 9.70. The van der Waals surface area contributed by atoms with Crippen LogP contribution in [0.4, 0.5) is 0 Å². The summed E-state index contributed by atoms with van der Waals surface area (Å²) < 4.78 is 10.6. The van der Waals surface area contributed by atoms with E-state index in [0.717, 1.165) is 17.4 Å². The van der Waals surface area contributed by atoms with Crippen LogP contribution in [0.2, 0.25) is 0 Å². The van der Waals surface area contributed by atoms with Crippen molar-refractivity contribution in [2.24, 2.45) is 5.92 Å². The van der Waals surface area contributed by atoms with Gasteiger partial charge in [0.1, 0.15) is 11.5 Å². The quantitative estimate of drug-likeness (QED) is 0.734. The first-order chi connectivity index (χ1) is 7.80. The molecule has 3 heteroatoms. The molecule has 0 spiro atoms. The van der Waals surface area contributed by atoms with Gasteiger partial charge in [-0.25, -0.2) is 0 Å². The van der Waals surface area contributed by atoms with Crippen molar-refractivity contribution in [3.63, 3.8) is 0 Å². The number of alkyl halides is 1. The Hall–Kier alpha value is -0.890. The van der Waals surface area contributed by atoms with E-state index >= 15 is 0 Å². The van der Waals surface area contributed by atoms with Gasteiger partial charge in [-0.1, -0.05) is 0 Å². The van der Waals surface area contributed by atoms with Crippen molar-refractivity contribution in [1.29, 1.82) is 0 Å². The fourth-order valence-electron chi connectivity index (χ4n) is 2.09. The molecule has 1 aliphatic rings. The van der Waals surface area contributed by atoms with Crippen LogP contribution in [0.3, 0.4) is 0 Å².